The Morgan fingerprint density at radius 2 is 1.72 bits per heavy atom. The first kappa shape index (κ1) is 17.5. The maximum Gasteiger partial charge on any atom is 0.229 e. The molecule has 1 heterocycles. The zero-order valence-electron chi connectivity index (χ0n) is 13.7. The van der Waals surface area contributed by atoms with E-state index in [1.54, 1.807) is 6.07 Å². The van der Waals surface area contributed by atoms with Crippen LogP contribution in [0.2, 0.25) is 0 Å². The highest BCUT2D eigenvalue weighted by molar-refractivity contribution is 5.92. The summed E-state index contributed by atoms with van der Waals surface area (Å²) in [4.78, 5) is 14.4. The molecule has 0 aliphatic carbocycles. The van der Waals surface area contributed by atoms with Crippen LogP contribution in [-0.4, -0.2) is 23.9 Å². The largest absolute Gasteiger partial charge is 0.326 e. The number of amides is 1. The minimum absolute atomic E-state index is 0.438. The van der Waals surface area contributed by atoms with E-state index in [0.717, 1.165) is 25.2 Å². The quantitative estimate of drug-likeness (QED) is 0.889. The number of halogens is 3. The van der Waals surface area contributed by atoms with E-state index in [2.05, 4.69) is 10.2 Å². The van der Waals surface area contributed by atoms with E-state index in [0.29, 0.717) is 17.8 Å². The number of nitrogens with one attached hydrogen (secondary N) is 1. The number of hydrogen-bond donors (Lipinski definition) is 1. The molecule has 3 rings (SSSR count). The Bertz CT molecular complexity index is 750. The first-order valence-electron chi connectivity index (χ1n) is 8.26. The van der Waals surface area contributed by atoms with Crippen molar-refractivity contribution in [1.29, 1.82) is 0 Å². The van der Waals surface area contributed by atoms with Crippen molar-refractivity contribution in [3.8, 4) is 0 Å². The Hall–Kier alpha value is -2.34. The molecule has 0 aromatic heterocycles. The average molecular weight is 348 g/mol. The zero-order valence-corrected chi connectivity index (χ0v) is 13.7. The minimum Gasteiger partial charge on any atom is -0.326 e. The van der Waals surface area contributed by atoms with Crippen molar-refractivity contribution in [1.82, 2.24) is 4.90 Å². The molecule has 6 heteroatoms. The van der Waals surface area contributed by atoms with Crippen molar-refractivity contribution in [2.75, 3.05) is 18.4 Å². The van der Waals surface area contributed by atoms with Gasteiger partial charge in [-0.25, -0.2) is 13.2 Å². The van der Waals surface area contributed by atoms with Gasteiger partial charge in [-0.3, -0.25) is 9.69 Å². The third kappa shape index (κ3) is 4.60. The van der Waals surface area contributed by atoms with Crippen LogP contribution < -0.4 is 5.32 Å². The van der Waals surface area contributed by atoms with Crippen molar-refractivity contribution in [2.45, 2.75) is 25.8 Å². The third-order valence-electron chi connectivity index (χ3n) is 4.26. The zero-order chi connectivity index (χ0) is 17.8. The van der Waals surface area contributed by atoms with Crippen LogP contribution in [0.25, 0.3) is 0 Å². The van der Waals surface area contributed by atoms with Gasteiger partial charge in [0, 0.05) is 29.9 Å². The lowest BCUT2D eigenvalue weighted by Crippen LogP contribution is -2.19. The van der Waals surface area contributed by atoms with Gasteiger partial charge in [0.2, 0.25) is 5.91 Å². The van der Waals surface area contributed by atoms with Gasteiger partial charge in [0.25, 0.3) is 0 Å². The molecule has 132 valence electrons. The molecule has 1 saturated heterocycles. The second-order valence-electron chi connectivity index (χ2n) is 6.26. The Morgan fingerprint density at radius 3 is 2.40 bits per heavy atom. The van der Waals surface area contributed by atoms with E-state index >= 15 is 0 Å². The Balaban J connectivity index is 1.65. The number of anilines is 1. The lowest BCUT2D eigenvalue weighted by Gasteiger charge is -2.15. The number of likely N-dealkylation sites (tertiary alicyclic amines) is 1. The smallest absolute Gasteiger partial charge is 0.229 e. The van der Waals surface area contributed by atoms with Crippen molar-refractivity contribution in [3.63, 3.8) is 0 Å². The summed E-state index contributed by atoms with van der Waals surface area (Å²) in [7, 11) is 0. The van der Waals surface area contributed by atoms with Crippen molar-refractivity contribution < 1.29 is 18.0 Å². The van der Waals surface area contributed by atoms with Gasteiger partial charge in [0.1, 0.15) is 17.5 Å². The van der Waals surface area contributed by atoms with E-state index in [1.165, 1.54) is 12.8 Å². The lowest BCUT2D eigenvalue weighted by atomic mass is 10.1. The molecule has 1 aliphatic heterocycles. The molecule has 1 aliphatic rings. The number of nitrogens with zero attached hydrogens (tertiary/aromatic N) is 1. The molecule has 2 aromatic rings. The summed E-state index contributed by atoms with van der Waals surface area (Å²) >= 11 is 0. The van der Waals surface area contributed by atoms with Crippen LogP contribution in [0.3, 0.4) is 0 Å². The number of benzene rings is 2. The summed E-state index contributed by atoms with van der Waals surface area (Å²) in [5.41, 5.74) is 1.20. The van der Waals surface area contributed by atoms with Crippen molar-refractivity contribution in [3.05, 3.63) is 65.0 Å². The third-order valence-corrected chi connectivity index (χ3v) is 4.26. The minimum atomic E-state index is -1.06. The summed E-state index contributed by atoms with van der Waals surface area (Å²) in [5, 5.41) is 2.64. The highest BCUT2D eigenvalue weighted by Crippen LogP contribution is 2.18. The monoisotopic (exact) mass is 348 g/mol. The first-order valence-corrected chi connectivity index (χ1v) is 8.26. The van der Waals surface area contributed by atoms with E-state index in [-0.39, 0.29) is 0 Å². The topological polar surface area (TPSA) is 32.3 Å². The van der Waals surface area contributed by atoms with Gasteiger partial charge in [0.05, 0.1) is 6.42 Å². The van der Waals surface area contributed by atoms with Crippen LogP contribution in [0.5, 0.6) is 0 Å². The second kappa shape index (κ2) is 7.70. The van der Waals surface area contributed by atoms with Gasteiger partial charge < -0.3 is 5.32 Å². The predicted octanol–water partition coefficient (Wildman–Crippen LogP) is 3.88. The van der Waals surface area contributed by atoms with Gasteiger partial charge in [-0.15, -0.1) is 0 Å². The van der Waals surface area contributed by atoms with Crippen molar-refractivity contribution >= 4 is 11.6 Å². The number of hydrogen-bond acceptors (Lipinski definition) is 2. The fourth-order valence-electron chi connectivity index (χ4n) is 3.05. The Kier molecular flexibility index (Phi) is 5.38. The summed E-state index contributed by atoms with van der Waals surface area (Å²) in [6.45, 7) is 2.95. The Labute approximate surface area is 144 Å². The van der Waals surface area contributed by atoms with E-state index in [9.17, 15) is 18.0 Å². The molecular formula is C19H19F3N2O. The predicted molar refractivity (Wildman–Crippen MR) is 89.6 cm³/mol. The summed E-state index contributed by atoms with van der Waals surface area (Å²) in [5.74, 6) is -3.68. The molecule has 0 bridgehead atoms. The Morgan fingerprint density at radius 1 is 1.04 bits per heavy atom. The van der Waals surface area contributed by atoms with Crippen LogP contribution >= 0.6 is 0 Å². The number of rotatable bonds is 5. The molecule has 1 N–H and O–H groups in total. The molecule has 25 heavy (non-hydrogen) atoms. The van der Waals surface area contributed by atoms with Crippen LogP contribution in [0.4, 0.5) is 18.9 Å². The van der Waals surface area contributed by atoms with Gasteiger partial charge in [-0.1, -0.05) is 12.1 Å². The second-order valence-corrected chi connectivity index (χ2v) is 6.26. The first-order chi connectivity index (χ1) is 12.0. The average Bonchev–Trinajstić information content (AvgIpc) is 3.04. The van der Waals surface area contributed by atoms with E-state index in [1.807, 2.05) is 18.2 Å². The fraction of sp³-hybridized carbons (Fsp3) is 0.316. The number of carbonyl (C=O) groups excluding carboxylic acids is 1. The fourth-order valence-corrected chi connectivity index (χ4v) is 3.05. The maximum atomic E-state index is 13.6. The normalized spacial score (nSPS) is 14.7. The molecular weight excluding hydrogens is 329 g/mol. The maximum absolute atomic E-state index is 13.6. The summed E-state index contributed by atoms with van der Waals surface area (Å²) in [6, 6.07) is 8.54. The molecule has 1 fully saturated rings. The van der Waals surface area contributed by atoms with E-state index < -0.39 is 35.3 Å². The number of carbonyl (C=O) groups is 1. The van der Waals surface area contributed by atoms with Gasteiger partial charge >= 0.3 is 0 Å². The summed E-state index contributed by atoms with van der Waals surface area (Å²) < 4.78 is 40.2. The molecule has 3 nitrogen and oxygen atoms in total. The molecule has 2 aromatic carbocycles. The van der Waals surface area contributed by atoms with E-state index in [4.69, 9.17) is 0 Å². The molecule has 0 unspecified atom stereocenters. The van der Waals surface area contributed by atoms with Gasteiger partial charge in [-0.2, -0.15) is 0 Å². The molecule has 0 saturated carbocycles. The molecule has 0 atom stereocenters. The van der Waals surface area contributed by atoms with Crippen LogP contribution in [0, 0.1) is 17.5 Å². The van der Waals surface area contributed by atoms with Crippen LogP contribution in [-0.2, 0) is 17.8 Å². The lowest BCUT2D eigenvalue weighted by molar-refractivity contribution is -0.115. The molecule has 0 radical (unpaired) electrons. The summed E-state index contributed by atoms with van der Waals surface area (Å²) in [6.07, 6.45) is 1.91. The standard InChI is InChI=1S/C19H19F3N2O/c20-14-9-17(21)16(18(22)10-14)11-19(25)23-15-5-3-4-13(8-15)12-24-6-1-2-7-24/h3-5,8-10H,1-2,6-7,11-12H2,(H,23,25). The highest BCUT2D eigenvalue weighted by Gasteiger charge is 2.16. The highest BCUT2D eigenvalue weighted by atomic mass is 19.1. The van der Waals surface area contributed by atoms with Crippen LogP contribution in [0.15, 0.2) is 36.4 Å². The van der Waals surface area contributed by atoms with Crippen molar-refractivity contribution in [2.24, 2.45) is 0 Å². The van der Waals surface area contributed by atoms with Crippen LogP contribution in [0.1, 0.15) is 24.0 Å². The van der Waals surface area contributed by atoms with Gasteiger partial charge in [-0.05, 0) is 43.6 Å². The molecule has 0 spiro atoms. The molecule has 1 amide bonds. The SMILES string of the molecule is O=C(Cc1c(F)cc(F)cc1F)Nc1cccc(CN2CCCC2)c1. The van der Waals surface area contributed by atoms with Gasteiger partial charge in [0.15, 0.2) is 0 Å².